The number of likely N-dealkylation sites (tertiary alicyclic amines) is 1. The smallest absolute Gasteiger partial charge is 0.163 e. The van der Waals surface area contributed by atoms with E-state index in [1.165, 1.54) is 31.3 Å². The lowest BCUT2D eigenvalue weighted by Gasteiger charge is -2.17. The summed E-state index contributed by atoms with van der Waals surface area (Å²) in [4.78, 5) is 11.1. The van der Waals surface area contributed by atoms with Crippen LogP contribution >= 0.6 is 11.6 Å². The van der Waals surface area contributed by atoms with Gasteiger partial charge in [0.2, 0.25) is 0 Å². The quantitative estimate of drug-likeness (QED) is 0.605. The van der Waals surface area contributed by atoms with Crippen LogP contribution in [0.5, 0.6) is 11.5 Å². The van der Waals surface area contributed by atoms with Crippen LogP contribution in [-0.2, 0) is 0 Å². The first-order valence-corrected chi connectivity index (χ1v) is 9.92. The molecule has 0 aliphatic carbocycles. The van der Waals surface area contributed by atoms with Crippen molar-refractivity contribution >= 4 is 34.0 Å². The minimum absolute atomic E-state index is 0.0413. The number of rotatable bonds is 7. The molecule has 0 radical (unpaired) electrons. The second-order valence-corrected chi connectivity index (χ2v) is 7.30. The van der Waals surface area contributed by atoms with Crippen LogP contribution in [0.15, 0.2) is 36.7 Å². The average Bonchev–Trinajstić information content (AvgIpc) is 3.24. The SMILES string of the molecule is COc1cc2c(Nc3ccc(F)c(Cl)c3)ncnc2cc1OCCN1CCCC1. The molecule has 2 aromatic carbocycles. The molecule has 1 saturated heterocycles. The zero-order valence-corrected chi connectivity index (χ0v) is 16.9. The molecule has 1 aliphatic rings. The highest BCUT2D eigenvalue weighted by Crippen LogP contribution is 2.35. The van der Waals surface area contributed by atoms with Gasteiger partial charge in [-0.05, 0) is 50.2 Å². The van der Waals surface area contributed by atoms with E-state index in [-0.39, 0.29) is 5.02 Å². The van der Waals surface area contributed by atoms with E-state index in [2.05, 4.69) is 20.2 Å². The van der Waals surface area contributed by atoms with E-state index in [0.29, 0.717) is 35.1 Å². The fourth-order valence-corrected chi connectivity index (χ4v) is 3.62. The predicted octanol–water partition coefficient (Wildman–Crippen LogP) is 4.65. The zero-order chi connectivity index (χ0) is 20.2. The average molecular weight is 417 g/mol. The standard InChI is InChI=1S/C21H22ClFN4O2/c1-28-19-11-15-18(12-20(19)29-9-8-27-6-2-3-7-27)24-13-25-21(15)26-14-4-5-17(23)16(22)10-14/h4-5,10-13H,2-3,6-9H2,1H3,(H,24,25,26). The fourth-order valence-electron chi connectivity index (χ4n) is 3.44. The minimum atomic E-state index is -0.470. The van der Waals surface area contributed by atoms with Crippen LogP contribution in [0.3, 0.4) is 0 Å². The molecule has 0 unspecified atom stereocenters. The van der Waals surface area contributed by atoms with Gasteiger partial charge in [-0.15, -0.1) is 0 Å². The highest BCUT2D eigenvalue weighted by Gasteiger charge is 2.14. The molecule has 4 rings (SSSR count). The molecule has 29 heavy (non-hydrogen) atoms. The highest BCUT2D eigenvalue weighted by atomic mass is 35.5. The van der Waals surface area contributed by atoms with Gasteiger partial charge in [0.25, 0.3) is 0 Å². The number of methoxy groups -OCH3 is 1. The van der Waals surface area contributed by atoms with Crippen LogP contribution in [0, 0.1) is 5.82 Å². The lowest BCUT2D eigenvalue weighted by atomic mass is 10.2. The van der Waals surface area contributed by atoms with Crippen molar-refractivity contribution < 1.29 is 13.9 Å². The molecule has 8 heteroatoms. The van der Waals surface area contributed by atoms with Crippen molar-refractivity contribution in [2.75, 3.05) is 38.7 Å². The molecule has 0 atom stereocenters. The lowest BCUT2D eigenvalue weighted by Crippen LogP contribution is -2.25. The third-order valence-electron chi connectivity index (χ3n) is 4.97. The molecule has 0 saturated carbocycles. The fraction of sp³-hybridized carbons (Fsp3) is 0.333. The number of halogens is 2. The van der Waals surface area contributed by atoms with E-state index in [9.17, 15) is 4.39 Å². The Balaban J connectivity index is 1.57. The van der Waals surface area contributed by atoms with Crippen molar-refractivity contribution in [1.29, 1.82) is 0 Å². The number of nitrogens with one attached hydrogen (secondary N) is 1. The number of fused-ring (bicyclic) bond motifs is 1. The summed E-state index contributed by atoms with van der Waals surface area (Å²) in [6.07, 6.45) is 3.98. The van der Waals surface area contributed by atoms with Crippen molar-refractivity contribution in [2.24, 2.45) is 0 Å². The van der Waals surface area contributed by atoms with Crippen LogP contribution in [0.1, 0.15) is 12.8 Å². The number of benzene rings is 2. The maximum atomic E-state index is 13.4. The van der Waals surface area contributed by atoms with E-state index < -0.39 is 5.82 Å². The van der Waals surface area contributed by atoms with Gasteiger partial charge in [-0.1, -0.05) is 11.6 Å². The van der Waals surface area contributed by atoms with Gasteiger partial charge in [-0.2, -0.15) is 0 Å². The molecule has 152 valence electrons. The molecule has 1 aromatic heterocycles. The number of hydrogen-bond donors (Lipinski definition) is 1. The van der Waals surface area contributed by atoms with E-state index in [4.69, 9.17) is 21.1 Å². The Morgan fingerprint density at radius 2 is 1.97 bits per heavy atom. The molecule has 0 amide bonds. The zero-order valence-electron chi connectivity index (χ0n) is 16.1. The molecule has 2 heterocycles. The van der Waals surface area contributed by atoms with Gasteiger partial charge < -0.3 is 14.8 Å². The van der Waals surface area contributed by atoms with Crippen molar-refractivity contribution in [3.63, 3.8) is 0 Å². The van der Waals surface area contributed by atoms with Gasteiger partial charge in [-0.25, -0.2) is 14.4 Å². The summed E-state index contributed by atoms with van der Waals surface area (Å²) in [6, 6.07) is 8.11. The molecule has 3 aromatic rings. The van der Waals surface area contributed by atoms with Crippen molar-refractivity contribution in [3.05, 3.63) is 47.5 Å². The van der Waals surface area contributed by atoms with Gasteiger partial charge >= 0.3 is 0 Å². The van der Waals surface area contributed by atoms with Gasteiger partial charge in [0.15, 0.2) is 11.5 Å². The van der Waals surface area contributed by atoms with Crippen LogP contribution < -0.4 is 14.8 Å². The lowest BCUT2D eigenvalue weighted by molar-refractivity contribution is 0.230. The summed E-state index contributed by atoms with van der Waals surface area (Å²) in [6.45, 7) is 3.75. The van der Waals surface area contributed by atoms with Crippen LogP contribution in [0.4, 0.5) is 15.9 Å². The predicted molar refractivity (Wildman–Crippen MR) is 112 cm³/mol. The molecular weight excluding hydrogens is 395 g/mol. The van der Waals surface area contributed by atoms with Crippen LogP contribution in [0.25, 0.3) is 10.9 Å². The van der Waals surface area contributed by atoms with Gasteiger partial charge in [0.1, 0.15) is 24.6 Å². The number of anilines is 2. The Hall–Kier alpha value is -2.64. The molecule has 0 bridgehead atoms. The van der Waals surface area contributed by atoms with Crippen molar-refractivity contribution in [1.82, 2.24) is 14.9 Å². The van der Waals surface area contributed by atoms with Crippen LogP contribution in [-0.4, -0.2) is 48.2 Å². The van der Waals surface area contributed by atoms with Gasteiger partial charge in [-0.3, -0.25) is 4.90 Å². The van der Waals surface area contributed by atoms with Gasteiger partial charge in [0.05, 0.1) is 17.6 Å². The maximum Gasteiger partial charge on any atom is 0.163 e. The topological polar surface area (TPSA) is 59.5 Å². The third-order valence-corrected chi connectivity index (χ3v) is 5.26. The summed E-state index contributed by atoms with van der Waals surface area (Å²) < 4.78 is 24.9. The summed E-state index contributed by atoms with van der Waals surface area (Å²) in [5.74, 6) is 1.35. The number of aromatic nitrogens is 2. The summed E-state index contributed by atoms with van der Waals surface area (Å²) >= 11 is 5.87. The normalized spacial score (nSPS) is 14.3. The maximum absolute atomic E-state index is 13.4. The summed E-state index contributed by atoms with van der Waals surface area (Å²) in [5, 5.41) is 3.96. The first-order chi connectivity index (χ1) is 14.1. The Bertz CT molecular complexity index is 1010. The van der Waals surface area contributed by atoms with E-state index in [1.807, 2.05) is 12.1 Å². The summed E-state index contributed by atoms with van der Waals surface area (Å²) in [7, 11) is 1.60. The van der Waals surface area contributed by atoms with E-state index in [1.54, 1.807) is 13.2 Å². The second-order valence-electron chi connectivity index (χ2n) is 6.89. The summed E-state index contributed by atoms with van der Waals surface area (Å²) in [5.41, 5.74) is 1.34. The molecule has 1 aliphatic heterocycles. The first kappa shape index (κ1) is 19.7. The van der Waals surface area contributed by atoms with Crippen molar-refractivity contribution in [2.45, 2.75) is 12.8 Å². The monoisotopic (exact) mass is 416 g/mol. The number of nitrogens with zero attached hydrogens (tertiary/aromatic N) is 3. The van der Waals surface area contributed by atoms with Gasteiger partial charge in [0, 0.05) is 23.7 Å². The molecule has 1 fully saturated rings. The highest BCUT2D eigenvalue weighted by molar-refractivity contribution is 6.31. The molecule has 0 spiro atoms. The molecular formula is C21H22ClFN4O2. The Labute approximate surface area is 173 Å². The first-order valence-electron chi connectivity index (χ1n) is 9.54. The largest absolute Gasteiger partial charge is 0.493 e. The Morgan fingerprint density at radius 1 is 1.14 bits per heavy atom. The van der Waals surface area contributed by atoms with E-state index >= 15 is 0 Å². The molecule has 6 nitrogen and oxygen atoms in total. The Kier molecular flexibility index (Phi) is 5.97. The van der Waals surface area contributed by atoms with E-state index in [0.717, 1.165) is 25.0 Å². The molecule has 1 N–H and O–H groups in total. The third kappa shape index (κ3) is 4.52. The minimum Gasteiger partial charge on any atom is -0.493 e. The number of hydrogen-bond acceptors (Lipinski definition) is 6. The Morgan fingerprint density at radius 3 is 2.72 bits per heavy atom. The number of ether oxygens (including phenoxy) is 2. The second kappa shape index (κ2) is 8.80. The van der Waals surface area contributed by atoms with Crippen LogP contribution in [0.2, 0.25) is 5.02 Å². The van der Waals surface area contributed by atoms with Crippen molar-refractivity contribution in [3.8, 4) is 11.5 Å².